The number of nitrogens with zero attached hydrogens (tertiary/aromatic N) is 2. The average molecular weight is 284 g/mol. The lowest BCUT2D eigenvalue weighted by atomic mass is 10.0. The third kappa shape index (κ3) is 2.75. The summed E-state index contributed by atoms with van der Waals surface area (Å²) in [6.45, 7) is 8.67. The standard InChI is InChI=1S/C13H18ClN3S/c1-5-10(7(2)3)15-11-9-6-8(4)18-12(9)17-13(14)16-11/h6-7,10H,5H2,1-4H3,(H,15,16,17). The molecular weight excluding hydrogens is 266 g/mol. The van der Waals surface area contributed by atoms with Crippen molar-refractivity contribution >= 4 is 39.0 Å². The van der Waals surface area contributed by atoms with Gasteiger partial charge in [0.2, 0.25) is 5.28 Å². The first-order valence-corrected chi connectivity index (χ1v) is 7.41. The van der Waals surface area contributed by atoms with Crippen LogP contribution in [0, 0.1) is 12.8 Å². The molecule has 0 radical (unpaired) electrons. The molecule has 1 unspecified atom stereocenters. The van der Waals surface area contributed by atoms with Gasteiger partial charge in [0.25, 0.3) is 0 Å². The Balaban J connectivity index is 2.42. The Morgan fingerprint density at radius 3 is 2.72 bits per heavy atom. The van der Waals surface area contributed by atoms with E-state index in [1.807, 2.05) is 0 Å². The Bertz CT molecular complexity index is 550. The number of aromatic nitrogens is 2. The third-order valence-corrected chi connectivity index (χ3v) is 4.17. The van der Waals surface area contributed by atoms with E-state index < -0.39 is 0 Å². The number of halogens is 1. The van der Waals surface area contributed by atoms with E-state index in [0.29, 0.717) is 17.2 Å². The summed E-state index contributed by atoms with van der Waals surface area (Å²) >= 11 is 7.63. The summed E-state index contributed by atoms with van der Waals surface area (Å²) in [4.78, 5) is 10.8. The Morgan fingerprint density at radius 1 is 1.39 bits per heavy atom. The summed E-state index contributed by atoms with van der Waals surface area (Å²) in [5.74, 6) is 1.41. The number of nitrogens with one attached hydrogen (secondary N) is 1. The summed E-state index contributed by atoms with van der Waals surface area (Å²) in [5, 5.41) is 4.88. The van der Waals surface area contributed by atoms with Gasteiger partial charge in [-0.3, -0.25) is 0 Å². The van der Waals surface area contributed by atoms with Crippen molar-refractivity contribution in [1.82, 2.24) is 9.97 Å². The van der Waals surface area contributed by atoms with Crippen molar-refractivity contribution in [3.63, 3.8) is 0 Å². The molecule has 0 bridgehead atoms. The van der Waals surface area contributed by atoms with E-state index in [-0.39, 0.29) is 0 Å². The van der Waals surface area contributed by atoms with Crippen molar-refractivity contribution in [2.24, 2.45) is 5.92 Å². The topological polar surface area (TPSA) is 37.8 Å². The van der Waals surface area contributed by atoms with E-state index in [4.69, 9.17) is 11.6 Å². The van der Waals surface area contributed by atoms with Crippen LogP contribution in [0.25, 0.3) is 10.2 Å². The first-order valence-electron chi connectivity index (χ1n) is 6.21. The highest BCUT2D eigenvalue weighted by atomic mass is 35.5. The van der Waals surface area contributed by atoms with Crippen LogP contribution in [0.2, 0.25) is 5.28 Å². The number of hydrogen-bond donors (Lipinski definition) is 1. The Kier molecular flexibility index (Phi) is 4.07. The minimum atomic E-state index is 0.311. The molecule has 0 aliphatic rings. The van der Waals surface area contributed by atoms with Crippen LogP contribution in [0.4, 0.5) is 5.82 Å². The lowest BCUT2D eigenvalue weighted by Crippen LogP contribution is -2.25. The van der Waals surface area contributed by atoms with Gasteiger partial charge in [0.05, 0.1) is 5.39 Å². The Labute approximate surface area is 117 Å². The zero-order valence-corrected chi connectivity index (χ0v) is 12.7. The fourth-order valence-electron chi connectivity index (χ4n) is 2.04. The fourth-order valence-corrected chi connectivity index (χ4v) is 3.14. The molecule has 0 aromatic carbocycles. The molecule has 18 heavy (non-hydrogen) atoms. The first-order chi connectivity index (χ1) is 8.51. The van der Waals surface area contributed by atoms with Crippen LogP contribution in [0.5, 0.6) is 0 Å². The lowest BCUT2D eigenvalue weighted by molar-refractivity contribution is 0.510. The summed E-state index contributed by atoms with van der Waals surface area (Å²) in [6.07, 6.45) is 1.06. The number of aryl methyl sites for hydroxylation is 1. The van der Waals surface area contributed by atoms with Crippen LogP contribution in [0.1, 0.15) is 32.1 Å². The van der Waals surface area contributed by atoms with E-state index in [1.165, 1.54) is 4.88 Å². The second-order valence-corrected chi connectivity index (χ2v) is 6.39. The lowest BCUT2D eigenvalue weighted by Gasteiger charge is -2.21. The maximum absolute atomic E-state index is 5.98. The minimum Gasteiger partial charge on any atom is -0.366 e. The van der Waals surface area contributed by atoms with Crippen LogP contribution in [-0.2, 0) is 0 Å². The molecule has 0 fully saturated rings. The van der Waals surface area contributed by atoms with Gasteiger partial charge in [-0.15, -0.1) is 11.3 Å². The maximum Gasteiger partial charge on any atom is 0.225 e. The summed E-state index contributed by atoms with van der Waals surface area (Å²) < 4.78 is 0. The number of thiophene rings is 1. The van der Waals surface area contributed by atoms with E-state index in [0.717, 1.165) is 22.5 Å². The SMILES string of the molecule is CCC(Nc1nc(Cl)nc2sc(C)cc12)C(C)C. The van der Waals surface area contributed by atoms with E-state index in [9.17, 15) is 0 Å². The molecule has 0 saturated carbocycles. The number of fused-ring (bicyclic) bond motifs is 1. The molecule has 0 amide bonds. The molecule has 0 spiro atoms. The Morgan fingerprint density at radius 2 is 2.11 bits per heavy atom. The van der Waals surface area contributed by atoms with Crippen LogP contribution in [-0.4, -0.2) is 16.0 Å². The number of hydrogen-bond acceptors (Lipinski definition) is 4. The average Bonchev–Trinajstić information content (AvgIpc) is 2.65. The van der Waals surface area contributed by atoms with Crippen molar-refractivity contribution in [1.29, 1.82) is 0 Å². The highest BCUT2D eigenvalue weighted by Crippen LogP contribution is 2.30. The van der Waals surface area contributed by atoms with Crippen LogP contribution < -0.4 is 5.32 Å². The predicted octanol–water partition coefficient (Wildman–Crippen LogP) is 4.50. The quantitative estimate of drug-likeness (QED) is 0.840. The molecule has 2 heterocycles. The Hall–Kier alpha value is -0.870. The predicted molar refractivity (Wildman–Crippen MR) is 79.7 cm³/mol. The second-order valence-electron chi connectivity index (χ2n) is 4.82. The molecule has 98 valence electrons. The normalized spacial score (nSPS) is 13.2. The maximum atomic E-state index is 5.98. The van der Waals surface area contributed by atoms with Crippen LogP contribution >= 0.6 is 22.9 Å². The van der Waals surface area contributed by atoms with Gasteiger partial charge in [-0.25, -0.2) is 9.97 Å². The smallest absolute Gasteiger partial charge is 0.225 e. The molecule has 1 N–H and O–H groups in total. The molecule has 1 atom stereocenters. The third-order valence-electron chi connectivity index (χ3n) is 3.06. The molecule has 0 saturated heterocycles. The van der Waals surface area contributed by atoms with E-state index in [1.54, 1.807) is 11.3 Å². The fraction of sp³-hybridized carbons (Fsp3) is 0.538. The van der Waals surface area contributed by atoms with Crippen molar-refractivity contribution in [3.8, 4) is 0 Å². The molecule has 0 aliphatic carbocycles. The highest BCUT2D eigenvalue weighted by molar-refractivity contribution is 7.18. The van der Waals surface area contributed by atoms with Crippen molar-refractivity contribution < 1.29 is 0 Å². The van der Waals surface area contributed by atoms with Gasteiger partial charge < -0.3 is 5.32 Å². The summed E-state index contributed by atoms with van der Waals surface area (Å²) in [7, 11) is 0. The summed E-state index contributed by atoms with van der Waals surface area (Å²) in [5.41, 5.74) is 0. The van der Waals surface area contributed by atoms with E-state index in [2.05, 4.69) is 49.0 Å². The van der Waals surface area contributed by atoms with Gasteiger partial charge in [-0.05, 0) is 36.9 Å². The van der Waals surface area contributed by atoms with Gasteiger partial charge in [0.15, 0.2) is 0 Å². The molecule has 5 heteroatoms. The summed E-state index contributed by atoms with van der Waals surface area (Å²) in [6, 6.07) is 2.52. The number of rotatable bonds is 4. The van der Waals surface area contributed by atoms with E-state index >= 15 is 0 Å². The van der Waals surface area contributed by atoms with Crippen LogP contribution in [0.15, 0.2) is 6.07 Å². The van der Waals surface area contributed by atoms with Gasteiger partial charge in [-0.1, -0.05) is 20.8 Å². The number of anilines is 1. The van der Waals surface area contributed by atoms with Crippen LogP contribution in [0.3, 0.4) is 0 Å². The highest BCUT2D eigenvalue weighted by Gasteiger charge is 2.15. The molecule has 2 rings (SSSR count). The molecule has 0 aliphatic heterocycles. The van der Waals surface area contributed by atoms with Crippen molar-refractivity contribution in [2.45, 2.75) is 40.2 Å². The molecule has 2 aromatic heterocycles. The minimum absolute atomic E-state index is 0.311. The first kappa shape index (κ1) is 13.6. The molecule has 2 aromatic rings. The zero-order chi connectivity index (χ0) is 13.3. The van der Waals surface area contributed by atoms with Gasteiger partial charge in [0, 0.05) is 10.9 Å². The second kappa shape index (κ2) is 5.41. The van der Waals surface area contributed by atoms with Gasteiger partial charge in [-0.2, -0.15) is 0 Å². The van der Waals surface area contributed by atoms with Crippen molar-refractivity contribution in [2.75, 3.05) is 5.32 Å². The van der Waals surface area contributed by atoms with Gasteiger partial charge in [0.1, 0.15) is 10.6 Å². The molecule has 3 nitrogen and oxygen atoms in total. The molecular formula is C13H18ClN3S. The van der Waals surface area contributed by atoms with Crippen molar-refractivity contribution in [3.05, 3.63) is 16.2 Å². The van der Waals surface area contributed by atoms with Gasteiger partial charge >= 0.3 is 0 Å². The monoisotopic (exact) mass is 283 g/mol. The zero-order valence-electron chi connectivity index (χ0n) is 11.1. The largest absolute Gasteiger partial charge is 0.366 e.